The van der Waals surface area contributed by atoms with Crippen LogP contribution < -0.4 is 14.2 Å². The van der Waals surface area contributed by atoms with Crippen LogP contribution in [0.15, 0.2) is 78.4 Å². The molecule has 1 aliphatic carbocycles. The third kappa shape index (κ3) is 6.98. The quantitative estimate of drug-likeness (QED) is 0.192. The normalized spacial score (nSPS) is 12.6. The summed E-state index contributed by atoms with van der Waals surface area (Å²) in [6, 6.07) is 22.7. The third-order valence-electron chi connectivity index (χ3n) is 5.64. The number of ether oxygens (including phenoxy) is 3. The van der Waals surface area contributed by atoms with Crippen LogP contribution in [0.25, 0.3) is 6.08 Å². The molecule has 1 fully saturated rings. The lowest BCUT2D eigenvalue weighted by Crippen LogP contribution is -2.08. The van der Waals surface area contributed by atoms with Crippen molar-refractivity contribution in [2.75, 3.05) is 13.2 Å². The Hall–Kier alpha value is -3.53. The van der Waals surface area contributed by atoms with Gasteiger partial charge in [0.1, 0.15) is 17.2 Å². The molecule has 4 nitrogen and oxygen atoms in total. The molecule has 0 aromatic heterocycles. The van der Waals surface area contributed by atoms with Gasteiger partial charge in [0, 0.05) is 0 Å². The molecule has 4 rings (SSSR count). The monoisotopic (exact) mass is 442 g/mol. The van der Waals surface area contributed by atoms with Crippen molar-refractivity contribution in [2.45, 2.75) is 39.0 Å². The summed E-state index contributed by atoms with van der Waals surface area (Å²) in [6.45, 7) is 3.25. The number of allylic oxidation sites excluding steroid dienone is 1. The zero-order valence-corrected chi connectivity index (χ0v) is 19.1. The van der Waals surface area contributed by atoms with Crippen LogP contribution in [0, 0.1) is 6.92 Å². The van der Waals surface area contributed by atoms with Crippen molar-refractivity contribution in [2.24, 2.45) is 0 Å². The summed E-state index contributed by atoms with van der Waals surface area (Å²) in [7, 11) is 0. The highest BCUT2D eigenvalue weighted by atomic mass is 16.5. The van der Waals surface area contributed by atoms with Crippen LogP contribution in [-0.2, 0) is 0 Å². The second kappa shape index (κ2) is 11.4. The van der Waals surface area contributed by atoms with E-state index in [0.29, 0.717) is 24.5 Å². The topological polar surface area (TPSA) is 44.8 Å². The van der Waals surface area contributed by atoms with E-state index in [2.05, 4.69) is 18.2 Å². The van der Waals surface area contributed by atoms with Crippen molar-refractivity contribution in [3.05, 3.63) is 95.1 Å². The van der Waals surface area contributed by atoms with Gasteiger partial charge in [0.15, 0.2) is 0 Å². The summed E-state index contributed by atoms with van der Waals surface area (Å²) in [5.41, 5.74) is 4.40. The van der Waals surface area contributed by atoms with Gasteiger partial charge in [0.05, 0.1) is 18.8 Å². The summed E-state index contributed by atoms with van der Waals surface area (Å²) in [5.74, 6) is 1.80. The maximum Gasteiger partial charge on any atom is 0.343 e. The Morgan fingerprint density at radius 2 is 1.30 bits per heavy atom. The number of benzene rings is 3. The van der Waals surface area contributed by atoms with Gasteiger partial charge in [-0.3, -0.25) is 0 Å². The van der Waals surface area contributed by atoms with Gasteiger partial charge in [-0.15, -0.1) is 0 Å². The van der Waals surface area contributed by atoms with Crippen molar-refractivity contribution >= 4 is 12.0 Å². The lowest BCUT2D eigenvalue weighted by Gasteiger charge is -2.15. The van der Waals surface area contributed by atoms with E-state index in [9.17, 15) is 4.79 Å². The molecule has 3 aromatic carbocycles. The molecule has 33 heavy (non-hydrogen) atoms. The minimum atomic E-state index is -0.379. The van der Waals surface area contributed by atoms with E-state index >= 15 is 0 Å². The van der Waals surface area contributed by atoms with Gasteiger partial charge in [0.2, 0.25) is 0 Å². The molecule has 0 radical (unpaired) electrons. The van der Waals surface area contributed by atoms with Gasteiger partial charge in [-0.05, 0) is 93.1 Å². The van der Waals surface area contributed by atoms with Crippen LogP contribution in [0.1, 0.15) is 53.6 Å². The molecule has 170 valence electrons. The Bertz CT molecular complexity index is 1060. The second-order valence-corrected chi connectivity index (χ2v) is 8.36. The summed E-state index contributed by atoms with van der Waals surface area (Å²) in [4.78, 5) is 12.3. The first kappa shape index (κ1) is 22.7. The summed E-state index contributed by atoms with van der Waals surface area (Å²) in [5, 5.41) is 0. The van der Waals surface area contributed by atoms with Gasteiger partial charge >= 0.3 is 5.97 Å². The van der Waals surface area contributed by atoms with Crippen LogP contribution in [0.5, 0.6) is 17.2 Å². The van der Waals surface area contributed by atoms with Crippen molar-refractivity contribution in [1.29, 1.82) is 0 Å². The number of hydrogen-bond donors (Lipinski definition) is 0. The lowest BCUT2D eigenvalue weighted by molar-refractivity contribution is 0.0734. The van der Waals surface area contributed by atoms with E-state index in [0.717, 1.165) is 29.9 Å². The van der Waals surface area contributed by atoms with Crippen LogP contribution in [-0.4, -0.2) is 19.2 Å². The number of aryl methyl sites for hydroxylation is 1. The SMILES string of the molecule is Cc1ccc(OC(=O)c2ccc(OCCCCOc3ccc(C=C4CCC4)cc3)cc2)cc1. The number of carbonyl (C=O) groups is 1. The standard InChI is InChI=1S/C29H30O4/c1-22-7-13-28(14-8-22)33-29(30)25-11-17-27(18-12-25)32-20-3-2-19-31-26-15-9-24(10-16-26)21-23-5-4-6-23/h7-18,21H,2-6,19-20H2,1H3. The zero-order valence-electron chi connectivity index (χ0n) is 19.1. The highest BCUT2D eigenvalue weighted by Gasteiger charge is 2.09. The first-order chi connectivity index (χ1) is 16.2. The van der Waals surface area contributed by atoms with Crippen molar-refractivity contribution in [3.63, 3.8) is 0 Å². The molecule has 1 aliphatic rings. The Morgan fingerprint density at radius 1 is 0.758 bits per heavy atom. The fourth-order valence-electron chi connectivity index (χ4n) is 3.46. The van der Waals surface area contributed by atoms with Crippen LogP contribution in [0.4, 0.5) is 0 Å². The number of hydrogen-bond acceptors (Lipinski definition) is 4. The van der Waals surface area contributed by atoms with Crippen LogP contribution in [0.3, 0.4) is 0 Å². The minimum absolute atomic E-state index is 0.379. The van der Waals surface area contributed by atoms with E-state index < -0.39 is 0 Å². The highest BCUT2D eigenvalue weighted by Crippen LogP contribution is 2.28. The summed E-state index contributed by atoms with van der Waals surface area (Å²) < 4.78 is 17.0. The van der Waals surface area contributed by atoms with E-state index in [4.69, 9.17) is 14.2 Å². The number of unbranched alkanes of at least 4 members (excludes halogenated alkanes) is 1. The van der Waals surface area contributed by atoms with Crippen molar-refractivity contribution < 1.29 is 19.0 Å². The lowest BCUT2D eigenvalue weighted by atomic mass is 9.91. The first-order valence-electron chi connectivity index (χ1n) is 11.6. The van der Waals surface area contributed by atoms with E-state index in [1.165, 1.54) is 24.8 Å². The largest absolute Gasteiger partial charge is 0.494 e. The molecular formula is C29H30O4. The smallest absolute Gasteiger partial charge is 0.343 e. The van der Waals surface area contributed by atoms with Crippen LogP contribution >= 0.6 is 0 Å². The molecule has 4 heteroatoms. The van der Waals surface area contributed by atoms with Gasteiger partial charge in [-0.25, -0.2) is 4.79 Å². The average molecular weight is 443 g/mol. The molecule has 0 N–H and O–H groups in total. The number of carbonyl (C=O) groups excluding carboxylic acids is 1. The first-order valence-corrected chi connectivity index (χ1v) is 11.6. The Labute approximate surface area is 195 Å². The molecule has 3 aromatic rings. The third-order valence-corrected chi connectivity index (χ3v) is 5.64. The van der Waals surface area contributed by atoms with E-state index in [-0.39, 0.29) is 5.97 Å². The molecule has 1 saturated carbocycles. The molecule has 0 aliphatic heterocycles. The van der Waals surface area contributed by atoms with Crippen molar-refractivity contribution in [1.82, 2.24) is 0 Å². The average Bonchev–Trinajstić information content (AvgIpc) is 2.81. The Morgan fingerprint density at radius 3 is 1.85 bits per heavy atom. The van der Waals surface area contributed by atoms with Crippen molar-refractivity contribution in [3.8, 4) is 17.2 Å². The van der Waals surface area contributed by atoms with E-state index in [1.807, 2.05) is 31.2 Å². The molecule has 0 saturated heterocycles. The molecule has 0 amide bonds. The zero-order chi connectivity index (χ0) is 22.9. The predicted octanol–water partition coefficient (Wildman–Crippen LogP) is 7.02. The minimum Gasteiger partial charge on any atom is -0.494 e. The molecular weight excluding hydrogens is 412 g/mol. The van der Waals surface area contributed by atoms with Gasteiger partial charge in [0.25, 0.3) is 0 Å². The maximum atomic E-state index is 12.3. The van der Waals surface area contributed by atoms with E-state index in [1.54, 1.807) is 42.0 Å². The maximum absolute atomic E-state index is 12.3. The molecule has 0 heterocycles. The fraction of sp³-hybridized carbons (Fsp3) is 0.276. The summed E-state index contributed by atoms with van der Waals surface area (Å²) in [6.07, 6.45) is 7.89. The predicted molar refractivity (Wildman–Crippen MR) is 131 cm³/mol. The number of rotatable bonds is 10. The molecule has 0 atom stereocenters. The second-order valence-electron chi connectivity index (χ2n) is 8.36. The number of esters is 1. The Kier molecular flexibility index (Phi) is 7.81. The highest BCUT2D eigenvalue weighted by molar-refractivity contribution is 5.91. The molecule has 0 unspecified atom stereocenters. The van der Waals surface area contributed by atoms with Gasteiger partial charge < -0.3 is 14.2 Å². The van der Waals surface area contributed by atoms with Crippen LogP contribution in [0.2, 0.25) is 0 Å². The fourth-order valence-corrected chi connectivity index (χ4v) is 3.46. The summed E-state index contributed by atoms with van der Waals surface area (Å²) >= 11 is 0. The van der Waals surface area contributed by atoms with Gasteiger partial charge in [-0.1, -0.05) is 41.5 Å². The molecule has 0 bridgehead atoms. The Balaban J connectivity index is 1.12. The van der Waals surface area contributed by atoms with Gasteiger partial charge in [-0.2, -0.15) is 0 Å². The molecule has 0 spiro atoms.